The SMILES string of the molecule is COc1cc(C2CCCCN2)c(OC)cc1O. The first kappa shape index (κ1) is 12.0. The number of rotatable bonds is 3. The molecule has 1 atom stereocenters. The highest BCUT2D eigenvalue weighted by Gasteiger charge is 2.20. The Balaban J connectivity index is 2.35. The van der Waals surface area contributed by atoms with E-state index in [9.17, 15) is 5.11 Å². The van der Waals surface area contributed by atoms with E-state index >= 15 is 0 Å². The molecule has 1 saturated heterocycles. The minimum absolute atomic E-state index is 0.115. The van der Waals surface area contributed by atoms with E-state index in [1.165, 1.54) is 12.8 Å². The average Bonchev–Trinajstić information content (AvgIpc) is 2.39. The van der Waals surface area contributed by atoms with Gasteiger partial charge in [0.2, 0.25) is 0 Å². The summed E-state index contributed by atoms with van der Waals surface area (Å²) >= 11 is 0. The van der Waals surface area contributed by atoms with Crippen molar-refractivity contribution in [2.75, 3.05) is 20.8 Å². The predicted octanol–water partition coefficient (Wildman–Crippen LogP) is 2.22. The standard InChI is InChI=1S/C13H19NO3/c1-16-12-8-11(15)13(17-2)7-9(12)10-5-3-4-6-14-10/h7-8,10,14-15H,3-6H2,1-2H3. The first-order valence-corrected chi connectivity index (χ1v) is 5.94. The number of hydrogen-bond donors (Lipinski definition) is 2. The number of piperidine rings is 1. The first-order chi connectivity index (χ1) is 8.26. The Bertz CT molecular complexity index is 386. The highest BCUT2D eigenvalue weighted by atomic mass is 16.5. The molecule has 2 N–H and O–H groups in total. The van der Waals surface area contributed by atoms with Gasteiger partial charge >= 0.3 is 0 Å². The van der Waals surface area contributed by atoms with Crippen LogP contribution in [0.25, 0.3) is 0 Å². The quantitative estimate of drug-likeness (QED) is 0.846. The molecule has 1 aromatic rings. The molecule has 1 fully saturated rings. The van der Waals surface area contributed by atoms with Gasteiger partial charge < -0.3 is 19.9 Å². The summed E-state index contributed by atoms with van der Waals surface area (Å²) in [5.74, 6) is 1.32. The molecular weight excluding hydrogens is 218 g/mol. The second-order valence-corrected chi connectivity index (χ2v) is 4.27. The summed E-state index contributed by atoms with van der Waals surface area (Å²) in [7, 11) is 3.17. The fraction of sp³-hybridized carbons (Fsp3) is 0.538. The normalized spacial score (nSPS) is 20.0. The van der Waals surface area contributed by atoms with Crippen LogP contribution in [0.3, 0.4) is 0 Å². The van der Waals surface area contributed by atoms with Crippen LogP contribution in [0.5, 0.6) is 17.2 Å². The van der Waals surface area contributed by atoms with Gasteiger partial charge in [0.05, 0.1) is 14.2 Å². The van der Waals surface area contributed by atoms with E-state index in [1.807, 2.05) is 6.07 Å². The van der Waals surface area contributed by atoms with Crippen LogP contribution in [-0.4, -0.2) is 25.9 Å². The number of methoxy groups -OCH3 is 2. The van der Waals surface area contributed by atoms with Crippen molar-refractivity contribution in [3.8, 4) is 17.2 Å². The maximum atomic E-state index is 9.72. The molecule has 17 heavy (non-hydrogen) atoms. The number of phenolic OH excluding ortho intramolecular Hbond substituents is 1. The van der Waals surface area contributed by atoms with Crippen molar-refractivity contribution < 1.29 is 14.6 Å². The molecule has 0 aliphatic carbocycles. The number of phenols is 1. The van der Waals surface area contributed by atoms with Gasteiger partial charge in [-0.2, -0.15) is 0 Å². The minimum atomic E-state index is 0.115. The molecule has 0 bridgehead atoms. The molecule has 1 unspecified atom stereocenters. The van der Waals surface area contributed by atoms with Crippen molar-refractivity contribution in [2.45, 2.75) is 25.3 Å². The van der Waals surface area contributed by atoms with E-state index < -0.39 is 0 Å². The van der Waals surface area contributed by atoms with Crippen molar-refractivity contribution in [3.05, 3.63) is 17.7 Å². The van der Waals surface area contributed by atoms with Gasteiger partial charge in [0.25, 0.3) is 0 Å². The summed E-state index contributed by atoms with van der Waals surface area (Å²) in [6.45, 7) is 1.02. The van der Waals surface area contributed by atoms with Crippen molar-refractivity contribution in [1.29, 1.82) is 0 Å². The molecule has 0 aromatic heterocycles. The molecule has 4 nitrogen and oxygen atoms in total. The number of nitrogens with one attached hydrogen (secondary N) is 1. The maximum Gasteiger partial charge on any atom is 0.161 e. The summed E-state index contributed by atoms with van der Waals surface area (Å²) in [4.78, 5) is 0. The van der Waals surface area contributed by atoms with Gasteiger partial charge in [-0.05, 0) is 25.5 Å². The Morgan fingerprint density at radius 2 is 1.94 bits per heavy atom. The molecule has 0 radical (unpaired) electrons. The van der Waals surface area contributed by atoms with E-state index in [0.717, 1.165) is 18.5 Å². The monoisotopic (exact) mass is 237 g/mol. The summed E-state index contributed by atoms with van der Waals surface area (Å²) in [6.07, 6.45) is 3.52. The van der Waals surface area contributed by atoms with Crippen LogP contribution < -0.4 is 14.8 Å². The lowest BCUT2D eigenvalue weighted by molar-refractivity contribution is 0.351. The van der Waals surface area contributed by atoms with Crippen LogP contribution in [0.2, 0.25) is 0 Å². The first-order valence-electron chi connectivity index (χ1n) is 5.94. The topological polar surface area (TPSA) is 50.7 Å². The maximum absolute atomic E-state index is 9.72. The van der Waals surface area contributed by atoms with Crippen LogP contribution in [0.15, 0.2) is 12.1 Å². The van der Waals surface area contributed by atoms with Crippen LogP contribution in [0, 0.1) is 0 Å². The van der Waals surface area contributed by atoms with E-state index in [4.69, 9.17) is 9.47 Å². The summed E-state index contributed by atoms with van der Waals surface area (Å²) in [5.41, 5.74) is 1.06. The van der Waals surface area contributed by atoms with Crippen molar-refractivity contribution >= 4 is 0 Å². The van der Waals surface area contributed by atoms with Gasteiger partial charge in [0.1, 0.15) is 5.75 Å². The summed E-state index contributed by atoms with van der Waals surface area (Å²) < 4.78 is 10.5. The van der Waals surface area contributed by atoms with E-state index in [2.05, 4.69) is 5.32 Å². The molecule has 1 aliphatic rings. The van der Waals surface area contributed by atoms with Gasteiger partial charge in [-0.15, -0.1) is 0 Å². The molecular formula is C13H19NO3. The molecule has 4 heteroatoms. The zero-order valence-electron chi connectivity index (χ0n) is 10.3. The number of hydrogen-bond acceptors (Lipinski definition) is 4. The zero-order chi connectivity index (χ0) is 12.3. The van der Waals surface area contributed by atoms with Gasteiger partial charge in [-0.3, -0.25) is 0 Å². The zero-order valence-corrected chi connectivity index (χ0v) is 10.3. The Labute approximate surface area is 102 Å². The van der Waals surface area contributed by atoms with E-state index in [0.29, 0.717) is 11.5 Å². The van der Waals surface area contributed by atoms with Gasteiger partial charge in [0, 0.05) is 17.7 Å². The molecule has 1 heterocycles. The molecule has 0 saturated carbocycles. The summed E-state index contributed by atoms with van der Waals surface area (Å²) in [6, 6.07) is 3.76. The fourth-order valence-corrected chi connectivity index (χ4v) is 2.29. The molecule has 0 amide bonds. The lowest BCUT2D eigenvalue weighted by Crippen LogP contribution is -2.27. The summed E-state index contributed by atoms with van der Waals surface area (Å²) in [5, 5.41) is 13.2. The van der Waals surface area contributed by atoms with Crippen LogP contribution in [0.1, 0.15) is 30.9 Å². The van der Waals surface area contributed by atoms with Crippen LogP contribution in [-0.2, 0) is 0 Å². The van der Waals surface area contributed by atoms with E-state index in [1.54, 1.807) is 20.3 Å². The highest BCUT2D eigenvalue weighted by molar-refractivity contribution is 5.51. The number of aromatic hydroxyl groups is 1. The minimum Gasteiger partial charge on any atom is -0.504 e. The van der Waals surface area contributed by atoms with Crippen LogP contribution in [0.4, 0.5) is 0 Å². The molecule has 0 spiro atoms. The molecule has 1 aromatic carbocycles. The molecule has 2 rings (SSSR count). The highest BCUT2D eigenvalue weighted by Crippen LogP contribution is 2.38. The van der Waals surface area contributed by atoms with Crippen molar-refractivity contribution in [2.24, 2.45) is 0 Å². The van der Waals surface area contributed by atoms with E-state index in [-0.39, 0.29) is 11.8 Å². The van der Waals surface area contributed by atoms with Gasteiger partial charge in [-0.1, -0.05) is 6.42 Å². The second kappa shape index (κ2) is 5.27. The average molecular weight is 237 g/mol. The third kappa shape index (κ3) is 2.47. The van der Waals surface area contributed by atoms with Crippen molar-refractivity contribution in [3.63, 3.8) is 0 Å². The lowest BCUT2D eigenvalue weighted by Gasteiger charge is -2.25. The van der Waals surface area contributed by atoms with Crippen LogP contribution >= 0.6 is 0 Å². The Morgan fingerprint density at radius 3 is 2.53 bits per heavy atom. The second-order valence-electron chi connectivity index (χ2n) is 4.27. The number of benzene rings is 1. The molecule has 1 aliphatic heterocycles. The fourth-order valence-electron chi connectivity index (χ4n) is 2.29. The largest absolute Gasteiger partial charge is 0.504 e. The van der Waals surface area contributed by atoms with Crippen molar-refractivity contribution in [1.82, 2.24) is 5.32 Å². The Morgan fingerprint density at radius 1 is 1.18 bits per heavy atom. The smallest absolute Gasteiger partial charge is 0.161 e. The molecule has 94 valence electrons. The third-order valence-corrected chi connectivity index (χ3v) is 3.22. The van der Waals surface area contributed by atoms with Gasteiger partial charge in [-0.25, -0.2) is 0 Å². The number of ether oxygens (including phenoxy) is 2. The third-order valence-electron chi connectivity index (χ3n) is 3.22. The lowest BCUT2D eigenvalue weighted by atomic mass is 9.96. The Hall–Kier alpha value is -1.42. The van der Waals surface area contributed by atoms with Gasteiger partial charge in [0.15, 0.2) is 11.5 Å². The predicted molar refractivity (Wildman–Crippen MR) is 65.8 cm³/mol. The Kier molecular flexibility index (Phi) is 3.74.